The molecule has 1 aliphatic carbocycles. The van der Waals surface area contributed by atoms with Crippen LogP contribution < -0.4 is 20.1 Å². The summed E-state index contributed by atoms with van der Waals surface area (Å²) < 4.78 is 10.7. The van der Waals surface area contributed by atoms with Gasteiger partial charge in [-0.3, -0.25) is 15.1 Å². The average Bonchev–Trinajstić information content (AvgIpc) is 3.49. The Bertz CT molecular complexity index is 1060. The van der Waals surface area contributed by atoms with Gasteiger partial charge >= 0.3 is 0 Å². The van der Waals surface area contributed by atoms with E-state index >= 15 is 0 Å². The van der Waals surface area contributed by atoms with Crippen molar-refractivity contribution in [2.45, 2.75) is 50.2 Å². The lowest BCUT2D eigenvalue weighted by atomic mass is 9.96. The third-order valence-corrected chi connectivity index (χ3v) is 7.16. The highest BCUT2D eigenvalue weighted by atomic mass is 16.5. The maximum absolute atomic E-state index is 13.4. The summed E-state index contributed by atoms with van der Waals surface area (Å²) in [4.78, 5) is 20.6. The van der Waals surface area contributed by atoms with Gasteiger partial charge in [0, 0.05) is 30.9 Å². The number of ether oxygens (including phenoxy) is 2. The highest BCUT2D eigenvalue weighted by Gasteiger charge is 2.46. The number of benzene rings is 2. The molecule has 2 aromatic carbocycles. The lowest BCUT2D eigenvalue weighted by Crippen LogP contribution is -2.55. The molecule has 7 heteroatoms. The van der Waals surface area contributed by atoms with Crippen molar-refractivity contribution in [3.05, 3.63) is 53.6 Å². The molecule has 3 aliphatic rings. The van der Waals surface area contributed by atoms with Crippen LogP contribution in [0.2, 0.25) is 0 Å². The molecule has 0 radical (unpaired) electrons. The normalized spacial score (nSPS) is 23.9. The van der Waals surface area contributed by atoms with Crippen LogP contribution in [0, 0.1) is 0 Å². The Kier molecular flexibility index (Phi) is 5.98. The van der Waals surface area contributed by atoms with Crippen molar-refractivity contribution >= 4 is 17.4 Å². The van der Waals surface area contributed by atoms with E-state index in [1.165, 1.54) is 18.4 Å². The van der Waals surface area contributed by atoms with Crippen molar-refractivity contribution < 1.29 is 14.3 Å². The van der Waals surface area contributed by atoms with E-state index in [2.05, 4.69) is 34.9 Å². The van der Waals surface area contributed by atoms with Crippen LogP contribution in [0.1, 0.15) is 48.0 Å². The molecule has 1 spiro atoms. The zero-order valence-corrected chi connectivity index (χ0v) is 19.4. The third-order valence-electron chi connectivity index (χ3n) is 7.16. The van der Waals surface area contributed by atoms with Crippen molar-refractivity contribution in [3.63, 3.8) is 0 Å². The number of hydrogen-bond acceptors (Lipinski definition) is 5. The second-order valence-corrected chi connectivity index (χ2v) is 9.18. The SMILES string of the molecule is COc1ccc(C(=O)N2CCC3(C2)NCc2ccccc2NC3=NC2CCCC2)cc1OC. The Morgan fingerprint density at radius 1 is 1.09 bits per heavy atom. The van der Waals surface area contributed by atoms with Gasteiger partial charge < -0.3 is 19.7 Å². The minimum Gasteiger partial charge on any atom is -0.493 e. The van der Waals surface area contributed by atoms with Crippen LogP contribution >= 0.6 is 0 Å². The number of hydrogen-bond donors (Lipinski definition) is 2. The minimum absolute atomic E-state index is 0.00314. The van der Waals surface area contributed by atoms with Gasteiger partial charge in [-0.2, -0.15) is 0 Å². The number of nitrogens with one attached hydrogen (secondary N) is 2. The summed E-state index contributed by atoms with van der Waals surface area (Å²) in [5, 5.41) is 7.45. The fourth-order valence-electron chi connectivity index (χ4n) is 5.24. The minimum atomic E-state index is -0.381. The number of rotatable bonds is 4. The predicted octanol–water partition coefficient (Wildman–Crippen LogP) is 3.84. The number of amidine groups is 1. The number of carbonyl (C=O) groups excluding carboxylic acids is 1. The Morgan fingerprint density at radius 3 is 2.67 bits per heavy atom. The molecular formula is C26H32N4O3. The number of nitrogens with zero attached hydrogens (tertiary/aromatic N) is 2. The number of aliphatic imine (C=N–C) groups is 1. The second kappa shape index (κ2) is 9.06. The van der Waals surface area contributed by atoms with Crippen molar-refractivity contribution in [2.24, 2.45) is 4.99 Å². The van der Waals surface area contributed by atoms with E-state index in [0.29, 0.717) is 36.2 Å². The van der Waals surface area contributed by atoms with E-state index in [1.54, 1.807) is 32.4 Å². The van der Waals surface area contributed by atoms with Crippen LogP contribution in [0.15, 0.2) is 47.5 Å². The molecule has 0 bridgehead atoms. The summed E-state index contributed by atoms with van der Waals surface area (Å²) in [6.45, 7) is 1.99. The largest absolute Gasteiger partial charge is 0.493 e. The van der Waals surface area contributed by atoms with E-state index in [-0.39, 0.29) is 11.4 Å². The van der Waals surface area contributed by atoms with E-state index in [1.807, 2.05) is 4.90 Å². The molecule has 174 valence electrons. The van der Waals surface area contributed by atoms with Crippen LogP contribution in [0.4, 0.5) is 5.69 Å². The molecule has 1 saturated carbocycles. The average molecular weight is 449 g/mol. The van der Waals surface area contributed by atoms with Crippen molar-refractivity contribution in [1.82, 2.24) is 10.2 Å². The van der Waals surface area contributed by atoms with Gasteiger partial charge in [-0.15, -0.1) is 0 Å². The molecule has 5 rings (SSSR count). The number of likely N-dealkylation sites (tertiary alicyclic amines) is 1. The van der Waals surface area contributed by atoms with Gasteiger partial charge in [-0.05, 0) is 49.1 Å². The number of methoxy groups -OCH3 is 2. The molecule has 2 aromatic rings. The van der Waals surface area contributed by atoms with Crippen LogP contribution in [0.3, 0.4) is 0 Å². The number of anilines is 1. The summed E-state index contributed by atoms with van der Waals surface area (Å²) in [6, 6.07) is 14.1. The van der Waals surface area contributed by atoms with Crippen LogP contribution in [0.25, 0.3) is 0 Å². The van der Waals surface area contributed by atoms with Gasteiger partial charge in [-0.25, -0.2) is 0 Å². The fraction of sp³-hybridized carbons (Fsp3) is 0.462. The van der Waals surface area contributed by atoms with Crippen molar-refractivity contribution in [2.75, 3.05) is 32.6 Å². The fourth-order valence-corrected chi connectivity index (χ4v) is 5.24. The van der Waals surface area contributed by atoms with Gasteiger partial charge in [0.05, 0.1) is 25.8 Å². The van der Waals surface area contributed by atoms with E-state index < -0.39 is 0 Å². The van der Waals surface area contributed by atoms with Crippen LogP contribution in [0.5, 0.6) is 11.5 Å². The summed E-state index contributed by atoms with van der Waals surface area (Å²) in [5.74, 6) is 2.15. The molecule has 0 aromatic heterocycles. The number of para-hydroxylation sites is 1. The van der Waals surface area contributed by atoms with Gasteiger partial charge in [-0.1, -0.05) is 31.0 Å². The molecule has 2 fully saturated rings. The lowest BCUT2D eigenvalue weighted by Gasteiger charge is -2.31. The van der Waals surface area contributed by atoms with Crippen molar-refractivity contribution in [3.8, 4) is 11.5 Å². The number of carbonyl (C=O) groups is 1. The first-order valence-corrected chi connectivity index (χ1v) is 11.8. The molecule has 2 aliphatic heterocycles. The summed E-state index contributed by atoms with van der Waals surface area (Å²) in [6.07, 6.45) is 5.57. The molecule has 1 amide bonds. The third kappa shape index (κ3) is 4.17. The Balaban J connectivity index is 1.43. The zero-order chi connectivity index (χ0) is 22.8. The van der Waals surface area contributed by atoms with Gasteiger partial charge in [0.15, 0.2) is 11.5 Å². The lowest BCUT2D eigenvalue weighted by molar-refractivity contribution is 0.0785. The molecule has 7 nitrogen and oxygen atoms in total. The maximum Gasteiger partial charge on any atom is 0.254 e. The first kappa shape index (κ1) is 21.8. The molecular weight excluding hydrogens is 416 g/mol. The number of amides is 1. The molecule has 1 saturated heterocycles. The highest BCUT2D eigenvalue weighted by Crippen LogP contribution is 2.33. The smallest absolute Gasteiger partial charge is 0.254 e. The molecule has 2 heterocycles. The quantitative estimate of drug-likeness (QED) is 0.743. The van der Waals surface area contributed by atoms with Crippen LogP contribution in [-0.2, 0) is 6.54 Å². The summed E-state index contributed by atoms with van der Waals surface area (Å²) in [7, 11) is 3.18. The summed E-state index contributed by atoms with van der Waals surface area (Å²) in [5.41, 5.74) is 2.54. The van der Waals surface area contributed by atoms with E-state index in [9.17, 15) is 4.79 Å². The van der Waals surface area contributed by atoms with Crippen LogP contribution in [-0.4, -0.2) is 55.5 Å². The van der Waals surface area contributed by atoms with E-state index in [4.69, 9.17) is 14.5 Å². The summed E-state index contributed by atoms with van der Waals surface area (Å²) >= 11 is 0. The van der Waals surface area contributed by atoms with Crippen molar-refractivity contribution in [1.29, 1.82) is 0 Å². The number of fused-ring (bicyclic) bond motifs is 1. The zero-order valence-electron chi connectivity index (χ0n) is 19.4. The molecule has 33 heavy (non-hydrogen) atoms. The van der Waals surface area contributed by atoms with E-state index in [0.717, 1.165) is 37.3 Å². The molecule has 1 unspecified atom stereocenters. The Labute approximate surface area is 195 Å². The second-order valence-electron chi connectivity index (χ2n) is 9.18. The first-order valence-electron chi connectivity index (χ1n) is 11.8. The highest BCUT2D eigenvalue weighted by molar-refractivity contribution is 6.05. The monoisotopic (exact) mass is 448 g/mol. The molecule has 2 N–H and O–H groups in total. The molecule has 1 atom stereocenters. The Morgan fingerprint density at radius 2 is 1.88 bits per heavy atom. The Hall–Kier alpha value is -3.06. The van der Waals surface area contributed by atoms with Gasteiger partial charge in [0.25, 0.3) is 5.91 Å². The van der Waals surface area contributed by atoms with Gasteiger partial charge in [0.1, 0.15) is 5.84 Å². The maximum atomic E-state index is 13.4. The first-order chi connectivity index (χ1) is 16.1. The topological polar surface area (TPSA) is 75.2 Å². The standard InChI is InChI=1S/C26H32N4O3/c1-32-22-12-11-18(15-23(22)33-2)24(31)30-14-13-26(17-30)25(28-20-8-4-5-9-20)29-21-10-6-3-7-19(21)16-27-26/h3,6-7,10-12,15,20,27H,4-5,8-9,13-14,16-17H2,1-2H3,(H,28,29). The van der Waals surface area contributed by atoms with Gasteiger partial charge in [0.2, 0.25) is 0 Å². The predicted molar refractivity (Wildman–Crippen MR) is 129 cm³/mol.